The maximum absolute atomic E-state index is 12.9. The third-order valence-electron chi connectivity index (χ3n) is 5.69. The number of ether oxygens (including phenoxy) is 2. The van der Waals surface area contributed by atoms with Crippen LogP contribution in [0.15, 0.2) is 31.1 Å². The third kappa shape index (κ3) is 5.35. The Balaban J connectivity index is 1.35. The summed E-state index contributed by atoms with van der Waals surface area (Å²) in [6.45, 7) is 1.09. The number of nitrogens with zero attached hydrogens (tertiary/aromatic N) is 6. The summed E-state index contributed by atoms with van der Waals surface area (Å²) in [7, 11) is 1.51. The summed E-state index contributed by atoms with van der Waals surface area (Å²) in [6.07, 6.45) is 10.6. The second-order valence-electron chi connectivity index (χ2n) is 8.29. The highest BCUT2D eigenvalue weighted by atomic mass is 16.6. The smallest absolute Gasteiger partial charge is 0.387 e. The number of rotatable bonds is 8. The summed E-state index contributed by atoms with van der Waals surface area (Å²) in [5.74, 6) is 0.152. The molecule has 13 heteroatoms. The molecule has 0 spiro atoms. The van der Waals surface area contributed by atoms with E-state index in [2.05, 4.69) is 41.0 Å². The van der Waals surface area contributed by atoms with E-state index in [0.717, 1.165) is 31.4 Å². The lowest BCUT2D eigenvalue weighted by molar-refractivity contribution is 0.0881. The summed E-state index contributed by atoms with van der Waals surface area (Å²) in [5.41, 5.74) is 1.73. The Labute approximate surface area is 200 Å². The fourth-order valence-corrected chi connectivity index (χ4v) is 3.80. The van der Waals surface area contributed by atoms with Gasteiger partial charge in [0.2, 0.25) is 0 Å². The van der Waals surface area contributed by atoms with Gasteiger partial charge in [0.15, 0.2) is 5.82 Å². The molecule has 4 heterocycles. The molecule has 182 valence electrons. The van der Waals surface area contributed by atoms with Crippen LogP contribution in [-0.2, 0) is 11.3 Å². The van der Waals surface area contributed by atoms with Crippen molar-refractivity contribution in [3.05, 3.63) is 42.5 Å². The van der Waals surface area contributed by atoms with Crippen molar-refractivity contribution in [2.75, 3.05) is 24.3 Å². The molecule has 3 N–H and O–H groups in total. The van der Waals surface area contributed by atoms with Gasteiger partial charge in [0.25, 0.3) is 11.8 Å². The highest BCUT2D eigenvalue weighted by Crippen LogP contribution is 2.40. The molecule has 1 aliphatic heterocycles. The first-order chi connectivity index (χ1) is 17.1. The van der Waals surface area contributed by atoms with Gasteiger partial charge >= 0.3 is 6.09 Å². The molecule has 1 saturated heterocycles. The predicted octanol–water partition coefficient (Wildman–Crippen LogP) is 2.23. The monoisotopic (exact) mass is 479 g/mol. The van der Waals surface area contributed by atoms with Crippen LogP contribution in [0.25, 0.3) is 0 Å². The van der Waals surface area contributed by atoms with Crippen LogP contribution < -0.4 is 20.7 Å². The maximum atomic E-state index is 12.9. The SMILES string of the molecule is CNC(=O)c1c(NC(=O)Oc2nc(C3CC3)cnc2Nc2cncnc2)cnn1CC1CCCO1. The Bertz CT molecular complexity index is 1210. The summed E-state index contributed by atoms with van der Waals surface area (Å²) < 4.78 is 12.7. The van der Waals surface area contributed by atoms with E-state index in [-0.39, 0.29) is 29.2 Å². The van der Waals surface area contributed by atoms with E-state index in [4.69, 9.17) is 9.47 Å². The van der Waals surface area contributed by atoms with Crippen LogP contribution in [0.1, 0.15) is 47.8 Å². The Kier molecular flexibility index (Phi) is 6.48. The molecular formula is C22H25N9O4. The molecule has 0 radical (unpaired) electrons. The highest BCUT2D eigenvalue weighted by molar-refractivity contribution is 6.01. The molecule has 2 amide bonds. The Morgan fingerprint density at radius 2 is 2.00 bits per heavy atom. The lowest BCUT2D eigenvalue weighted by atomic mass is 10.2. The van der Waals surface area contributed by atoms with E-state index >= 15 is 0 Å². The Hall–Kier alpha value is -4.13. The van der Waals surface area contributed by atoms with Crippen molar-refractivity contribution in [1.82, 2.24) is 35.0 Å². The van der Waals surface area contributed by atoms with E-state index < -0.39 is 12.0 Å². The molecule has 13 nitrogen and oxygen atoms in total. The molecule has 0 bridgehead atoms. The Morgan fingerprint density at radius 3 is 2.71 bits per heavy atom. The van der Waals surface area contributed by atoms with Crippen molar-refractivity contribution in [1.29, 1.82) is 0 Å². The van der Waals surface area contributed by atoms with E-state index in [1.54, 1.807) is 18.6 Å². The number of carbonyl (C=O) groups excluding carboxylic acids is 2. The molecular weight excluding hydrogens is 454 g/mol. The van der Waals surface area contributed by atoms with Gasteiger partial charge in [-0.25, -0.2) is 24.7 Å². The molecule has 1 atom stereocenters. The van der Waals surface area contributed by atoms with Gasteiger partial charge in [-0.15, -0.1) is 0 Å². The number of anilines is 3. The van der Waals surface area contributed by atoms with Gasteiger partial charge in [-0.3, -0.25) is 14.8 Å². The minimum atomic E-state index is -0.832. The molecule has 0 aromatic carbocycles. The molecule has 3 aromatic rings. The fraction of sp³-hybridized carbons (Fsp3) is 0.409. The van der Waals surface area contributed by atoms with Crippen LogP contribution in [0.4, 0.5) is 22.0 Å². The van der Waals surface area contributed by atoms with E-state index in [1.165, 1.54) is 24.3 Å². The Morgan fingerprint density at radius 1 is 1.17 bits per heavy atom. The average molecular weight is 480 g/mol. The first-order valence-corrected chi connectivity index (χ1v) is 11.4. The van der Waals surface area contributed by atoms with Crippen molar-refractivity contribution >= 4 is 29.2 Å². The van der Waals surface area contributed by atoms with E-state index in [9.17, 15) is 9.59 Å². The van der Waals surface area contributed by atoms with Crippen LogP contribution in [0.2, 0.25) is 0 Å². The first-order valence-electron chi connectivity index (χ1n) is 11.4. The third-order valence-corrected chi connectivity index (χ3v) is 5.69. The molecule has 1 aliphatic carbocycles. The van der Waals surface area contributed by atoms with Gasteiger partial charge in [0.1, 0.15) is 12.0 Å². The van der Waals surface area contributed by atoms with Gasteiger partial charge < -0.3 is 20.1 Å². The van der Waals surface area contributed by atoms with Crippen LogP contribution >= 0.6 is 0 Å². The molecule has 2 aliphatic rings. The van der Waals surface area contributed by atoms with E-state index in [1.807, 2.05) is 0 Å². The number of carbonyl (C=O) groups is 2. The van der Waals surface area contributed by atoms with Gasteiger partial charge in [-0.05, 0) is 25.7 Å². The van der Waals surface area contributed by atoms with Crippen LogP contribution in [0.5, 0.6) is 5.88 Å². The van der Waals surface area contributed by atoms with Crippen molar-refractivity contribution < 1.29 is 19.1 Å². The van der Waals surface area contributed by atoms with Gasteiger partial charge in [0, 0.05) is 19.6 Å². The summed E-state index contributed by atoms with van der Waals surface area (Å²) >= 11 is 0. The number of aromatic nitrogens is 6. The normalized spacial score (nSPS) is 17.1. The summed E-state index contributed by atoms with van der Waals surface area (Å²) in [6, 6.07) is 0. The van der Waals surface area contributed by atoms with Gasteiger partial charge in [-0.2, -0.15) is 5.10 Å². The number of hydrogen-bond donors (Lipinski definition) is 3. The highest BCUT2D eigenvalue weighted by Gasteiger charge is 2.28. The number of amides is 2. The minimum Gasteiger partial charge on any atom is -0.387 e. The lowest BCUT2D eigenvalue weighted by Gasteiger charge is -2.14. The second-order valence-corrected chi connectivity index (χ2v) is 8.29. The molecule has 5 rings (SSSR count). The second kappa shape index (κ2) is 10.0. The predicted molar refractivity (Wildman–Crippen MR) is 124 cm³/mol. The molecule has 1 saturated carbocycles. The van der Waals surface area contributed by atoms with Gasteiger partial charge in [0.05, 0.1) is 54.5 Å². The average Bonchev–Trinajstić information content (AvgIpc) is 3.46. The first kappa shape index (κ1) is 22.7. The molecule has 35 heavy (non-hydrogen) atoms. The van der Waals surface area contributed by atoms with Crippen LogP contribution in [-0.4, -0.2) is 61.5 Å². The maximum Gasteiger partial charge on any atom is 0.418 e. The van der Waals surface area contributed by atoms with Gasteiger partial charge in [-0.1, -0.05) is 0 Å². The zero-order valence-electron chi connectivity index (χ0n) is 19.1. The van der Waals surface area contributed by atoms with Crippen molar-refractivity contribution in [3.63, 3.8) is 0 Å². The number of hydrogen-bond acceptors (Lipinski definition) is 10. The van der Waals surface area contributed by atoms with E-state index in [0.29, 0.717) is 24.8 Å². The molecule has 2 fully saturated rings. The number of nitrogens with one attached hydrogen (secondary N) is 3. The zero-order valence-corrected chi connectivity index (χ0v) is 19.1. The molecule has 3 aromatic heterocycles. The minimum absolute atomic E-state index is 0.00370. The zero-order chi connectivity index (χ0) is 24.2. The fourth-order valence-electron chi connectivity index (χ4n) is 3.80. The van der Waals surface area contributed by atoms with Crippen molar-refractivity contribution in [2.24, 2.45) is 0 Å². The summed E-state index contributed by atoms with van der Waals surface area (Å²) in [4.78, 5) is 42.2. The lowest BCUT2D eigenvalue weighted by Crippen LogP contribution is -2.27. The molecule has 1 unspecified atom stereocenters. The standard InChI is InChI=1S/C22H25N9O4/c1-23-20(32)18-17(10-27-31(18)11-15-3-2-6-34-15)30-22(33)35-21-19(28-14-7-24-12-25-8-14)26-9-16(29-21)13-4-5-13/h7-10,12-13,15H,2-6,11H2,1H3,(H,23,32)(H,26,28)(H,30,33). The quantitative estimate of drug-likeness (QED) is 0.437. The van der Waals surface area contributed by atoms with Crippen LogP contribution in [0, 0.1) is 0 Å². The van der Waals surface area contributed by atoms with Crippen molar-refractivity contribution in [3.8, 4) is 5.88 Å². The topological polar surface area (TPSA) is 158 Å². The largest absolute Gasteiger partial charge is 0.418 e. The van der Waals surface area contributed by atoms with Crippen LogP contribution in [0.3, 0.4) is 0 Å². The van der Waals surface area contributed by atoms with Crippen molar-refractivity contribution in [2.45, 2.75) is 44.2 Å². The summed E-state index contributed by atoms with van der Waals surface area (Å²) in [5, 5.41) is 12.5.